The minimum Gasteiger partial charge on any atom is -0.278 e. The van der Waals surface area contributed by atoms with Crippen LogP contribution in [0.5, 0.6) is 0 Å². The van der Waals surface area contributed by atoms with Crippen LogP contribution in [0.25, 0.3) is 0 Å². The van der Waals surface area contributed by atoms with Crippen molar-refractivity contribution in [1.29, 1.82) is 0 Å². The van der Waals surface area contributed by atoms with Crippen LogP contribution in [-0.4, -0.2) is 28.2 Å². The maximum Gasteiger partial charge on any atom is 0.263 e. The lowest BCUT2D eigenvalue weighted by Gasteiger charge is -2.26. The summed E-state index contributed by atoms with van der Waals surface area (Å²) in [6, 6.07) is 1.55. The third kappa shape index (κ3) is 2.78. The van der Waals surface area contributed by atoms with Crippen molar-refractivity contribution < 1.29 is 9.59 Å². The highest BCUT2D eigenvalue weighted by Crippen LogP contribution is 2.35. The Labute approximate surface area is 117 Å². The first-order valence-corrected chi connectivity index (χ1v) is 6.62. The SMILES string of the molecule is CC(C)(C)C1CC(=O)N(C(=O)c2cnccc2Cl)C1. The summed E-state index contributed by atoms with van der Waals surface area (Å²) < 4.78 is 0. The van der Waals surface area contributed by atoms with Gasteiger partial charge in [0.2, 0.25) is 5.91 Å². The van der Waals surface area contributed by atoms with Gasteiger partial charge in [0.1, 0.15) is 0 Å². The standard InChI is InChI=1S/C14H17ClN2O2/c1-14(2,3)9-6-12(18)17(8-9)13(19)10-7-16-5-4-11(10)15/h4-5,7,9H,6,8H2,1-3H3. The monoisotopic (exact) mass is 280 g/mol. The van der Waals surface area contributed by atoms with E-state index in [2.05, 4.69) is 25.8 Å². The Kier molecular flexibility index (Phi) is 3.63. The maximum absolute atomic E-state index is 12.3. The number of likely N-dealkylation sites (tertiary alicyclic amines) is 1. The average Bonchev–Trinajstić information content (AvgIpc) is 2.71. The van der Waals surface area contributed by atoms with Crippen LogP contribution in [0.4, 0.5) is 0 Å². The number of hydrogen-bond donors (Lipinski definition) is 0. The highest BCUT2D eigenvalue weighted by atomic mass is 35.5. The van der Waals surface area contributed by atoms with E-state index in [-0.39, 0.29) is 28.7 Å². The van der Waals surface area contributed by atoms with Gasteiger partial charge in [-0.1, -0.05) is 32.4 Å². The number of aromatic nitrogens is 1. The normalized spacial score (nSPS) is 19.9. The summed E-state index contributed by atoms with van der Waals surface area (Å²) in [5.74, 6) is -0.306. The molecule has 0 N–H and O–H groups in total. The van der Waals surface area contributed by atoms with Crippen molar-refractivity contribution in [3.05, 3.63) is 29.0 Å². The van der Waals surface area contributed by atoms with E-state index in [4.69, 9.17) is 11.6 Å². The third-order valence-corrected chi connectivity index (χ3v) is 3.92. The molecular weight excluding hydrogens is 264 g/mol. The lowest BCUT2D eigenvalue weighted by atomic mass is 9.80. The predicted molar refractivity (Wildman–Crippen MR) is 72.9 cm³/mol. The van der Waals surface area contributed by atoms with Gasteiger partial charge >= 0.3 is 0 Å². The van der Waals surface area contributed by atoms with Crippen LogP contribution >= 0.6 is 11.6 Å². The molecule has 2 amide bonds. The average molecular weight is 281 g/mol. The van der Waals surface area contributed by atoms with Crippen LogP contribution in [0.15, 0.2) is 18.5 Å². The van der Waals surface area contributed by atoms with Gasteiger partial charge in [-0.25, -0.2) is 0 Å². The van der Waals surface area contributed by atoms with Crippen molar-refractivity contribution in [2.45, 2.75) is 27.2 Å². The van der Waals surface area contributed by atoms with E-state index in [1.807, 2.05) is 0 Å². The summed E-state index contributed by atoms with van der Waals surface area (Å²) in [6.07, 6.45) is 3.33. The zero-order valence-electron chi connectivity index (χ0n) is 11.3. The van der Waals surface area contributed by atoms with Gasteiger partial charge in [-0.15, -0.1) is 0 Å². The lowest BCUT2D eigenvalue weighted by molar-refractivity contribution is -0.125. The molecule has 19 heavy (non-hydrogen) atoms. The van der Waals surface area contributed by atoms with Crippen LogP contribution in [0, 0.1) is 11.3 Å². The van der Waals surface area contributed by atoms with Crippen molar-refractivity contribution in [1.82, 2.24) is 9.88 Å². The van der Waals surface area contributed by atoms with E-state index < -0.39 is 0 Å². The Hall–Kier alpha value is -1.42. The fourth-order valence-electron chi connectivity index (χ4n) is 2.16. The fourth-order valence-corrected chi connectivity index (χ4v) is 2.35. The first kappa shape index (κ1) is 14.0. The zero-order valence-corrected chi connectivity index (χ0v) is 12.1. The van der Waals surface area contributed by atoms with E-state index >= 15 is 0 Å². The molecule has 1 atom stereocenters. The van der Waals surface area contributed by atoms with Crippen molar-refractivity contribution in [2.24, 2.45) is 11.3 Å². The number of imide groups is 1. The predicted octanol–water partition coefficient (Wildman–Crippen LogP) is 2.77. The van der Waals surface area contributed by atoms with Gasteiger partial charge < -0.3 is 0 Å². The van der Waals surface area contributed by atoms with Crippen LogP contribution in [0.1, 0.15) is 37.6 Å². The van der Waals surface area contributed by atoms with Crippen molar-refractivity contribution >= 4 is 23.4 Å². The highest BCUT2D eigenvalue weighted by molar-refractivity contribution is 6.34. The van der Waals surface area contributed by atoms with Gasteiger partial charge in [0.05, 0.1) is 10.6 Å². The molecule has 1 aliphatic rings. The van der Waals surface area contributed by atoms with Crippen LogP contribution < -0.4 is 0 Å². The van der Waals surface area contributed by atoms with Gasteiger partial charge in [0.15, 0.2) is 0 Å². The second-order valence-electron chi connectivity index (χ2n) is 5.93. The number of carbonyl (C=O) groups excluding carboxylic acids is 2. The molecule has 4 nitrogen and oxygen atoms in total. The summed E-state index contributed by atoms with van der Waals surface area (Å²) in [6.45, 7) is 6.69. The number of pyridine rings is 1. The van der Waals surface area contributed by atoms with E-state index in [0.717, 1.165) is 0 Å². The Morgan fingerprint density at radius 1 is 1.47 bits per heavy atom. The number of rotatable bonds is 1. The van der Waals surface area contributed by atoms with Crippen LogP contribution in [0.2, 0.25) is 5.02 Å². The largest absolute Gasteiger partial charge is 0.278 e. The lowest BCUT2D eigenvalue weighted by Crippen LogP contribution is -2.33. The summed E-state index contributed by atoms with van der Waals surface area (Å²) >= 11 is 5.97. The molecule has 0 bridgehead atoms. The van der Waals surface area contributed by atoms with Gasteiger partial charge in [-0.3, -0.25) is 19.5 Å². The van der Waals surface area contributed by atoms with E-state index in [1.165, 1.54) is 17.3 Å². The van der Waals surface area contributed by atoms with Crippen molar-refractivity contribution in [3.8, 4) is 0 Å². The highest BCUT2D eigenvalue weighted by Gasteiger charge is 2.40. The molecule has 0 saturated carbocycles. The number of nitrogens with zero attached hydrogens (tertiary/aromatic N) is 2. The number of hydrogen-bond acceptors (Lipinski definition) is 3. The minimum atomic E-state index is -0.352. The molecular formula is C14H17ClN2O2. The summed E-state index contributed by atoms with van der Waals surface area (Å²) in [4.78, 5) is 29.5. The molecule has 0 aliphatic carbocycles. The number of amides is 2. The van der Waals surface area contributed by atoms with Gasteiger partial charge in [0, 0.05) is 25.4 Å². The summed E-state index contributed by atoms with van der Waals surface area (Å²) in [5.41, 5.74) is 0.288. The molecule has 5 heteroatoms. The zero-order chi connectivity index (χ0) is 14.2. The van der Waals surface area contributed by atoms with Gasteiger partial charge in [0.25, 0.3) is 5.91 Å². The van der Waals surface area contributed by atoms with Gasteiger partial charge in [-0.2, -0.15) is 0 Å². The summed E-state index contributed by atoms with van der Waals surface area (Å²) in [5, 5.41) is 0.326. The molecule has 1 saturated heterocycles. The Bertz CT molecular complexity index is 522. The van der Waals surface area contributed by atoms with Gasteiger partial charge in [-0.05, 0) is 17.4 Å². The van der Waals surface area contributed by atoms with E-state index in [9.17, 15) is 9.59 Å². The molecule has 1 fully saturated rings. The van der Waals surface area contributed by atoms with E-state index in [1.54, 1.807) is 6.07 Å². The first-order chi connectivity index (χ1) is 8.80. The molecule has 1 aromatic rings. The number of carbonyl (C=O) groups is 2. The molecule has 0 spiro atoms. The maximum atomic E-state index is 12.3. The fraction of sp³-hybridized carbons (Fsp3) is 0.500. The van der Waals surface area contributed by atoms with Crippen molar-refractivity contribution in [2.75, 3.05) is 6.54 Å². The number of halogens is 1. The second kappa shape index (κ2) is 4.93. The molecule has 1 unspecified atom stereocenters. The minimum absolute atomic E-state index is 0.00340. The molecule has 102 valence electrons. The molecule has 1 aromatic heterocycles. The molecule has 0 radical (unpaired) electrons. The molecule has 2 heterocycles. The van der Waals surface area contributed by atoms with Crippen molar-refractivity contribution in [3.63, 3.8) is 0 Å². The second-order valence-corrected chi connectivity index (χ2v) is 6.34. The first-order valence-electron chi connectivity index (χ1n) is 6.25. The summed E-state index contributed by atoms with van der Waals surface area (Å²) in [7, 11) is 0. The van der Waals surface area contributed by atoms with E-state index in [0.29, 0.717) is 18.0 Å². The molecule has 0 aromatic carbocycles. The Balaban J connectivity index is 2.22. The quantitative estimate of drug-likeness (QED) is 0.743. The smallest absolute Gasteiger partial charge is 0.263 e. The van der Waals surface area contributed by atoms with Crippen LogP contribution in [0.3, 0.4) is 0 Å². The molecule has 1 aliphatic heterocycles. The van der Waals surface area contributed by atoms with Crippen LogP contribution in [-0.2, 0) is 4.79 Å². The Morgan fingerprint density at radius 3 is 2.68 bits per heavy atom. The topological polar surface area (TPSA) is 50.3 Å². The Morgan fingerprint density at radius 2 is 2.16 bits per heavy atom. The third-order valence-electron chi connectivity index (χ3n) is 3.59. The molecule has 2 rings (SSSR count).